The molecule has 2 heterocycles. The van der Waals surface area contributed by atoms with Crippen LogP contribution >= 0.6 is 23.1 Å². The number of aryl methyl sites for hydroxylation is 1. The number of aromatic nitrogens is 3. The number of thioether (sulfide) groups is 1. The summed E-state index contributed by atoms with van der Waals surface area (Å²) in [5, 5.41) is 14.0. The highest BCUT2D eigenvalue weighted by Gasteiger charge is 2.11. The average molecular weight is 333 g/mol. The summed E-state index contributed by atoms with van der Waals surface area (Å²) in [7, 11) is 0. The Labute approximate surface area is 133 Å². The molecule has 0 spiro atoms. The Morgan fingerprint density at radius 1 is 1.41 bits per heavy atom. The lowest BCUT2D eigenvalue weighted by Crippen LogP contribution is -2.15. The molecule has 0 saturated heterocycles. The highest BCUT2D eigenvalue weighted by atomic mass is 32.2. The standard InChI is InChI=1S/C14H11N3O3S2/c1-8-16-17-12(18)6-9(15-14(17)22-8)7-21-11-5-3-2-4-10(11)13(19)20/h2-6H,7H2,1H3,(H,19,20). The molecule has 0 radical (unpaired) electrons. The van der Waals surface area contributed by atoms with E-state index in [4.69, 9.17) is 5.11 Å². The van der Waals surface area contributed by atoms with E-state index in [0.29, 0.717) is 21.3 Å². The third-order valence-electron chi connectivity index (χ3n) is 2.89. The van der Waals surface area contributed by atoms with Crippen molar-refractivity contribution in [2.45, 2.75) is 17.6 Å². The van der Waals surface area contributed by atoms with Gasteiger partial charge in [0, 0.05) is 16.7 Å². The number of aromatic carboxylic acids is 1. The molecular formula is C14H11N3O3S2. The van der Waals surface area contributed by atoms with Crippen molar-refractivity contribution in [3.8, 4) is 0 Å². The van der Waals surface area contributed by atoms with Gasteiger partial charge in [-0.25, -0.2) is 9.78 Å². The number of nitrogens with zero attached hydrogens (tertiary/aromatic N) is 3. The second kappa shape index (κ2) is 5.90. The van der Waals surface area contributed by atoms with Crippen molar-refractivity contribution in [2.75, 3.05) is 0 Å². The number of benzene rings is 1. The lowest BCUT2D eigenvalue weighted by atomic mass is 10.2. The van der Waals surface area contributed by atoms with E-state index in [-0.39, 0.29) is 11.1 Å². The number of rotatable bonds is 4. The molecule has 22 heavy (non-hydrogen) atoms. The third-order valence-corrected chi connectivity index (χ3v) is 4.82. The Kier molecular flexibility index (Phi) is 3.95. The molecule has 0 bridgehead atoms. The molecule has 0 aliphatic carbocycles. The molecule has 0 saturated carbocycles. The van der Waals surface area contributed by atoms with Gasteiger partial charge in [0.15, 0.2) is 0 Å². The zero-order chi connectivity index (χ0) is 15.7. The molecule has 2 aromatic heterocycles. The molecular weight excluding hydrogens is 322 g/mol. The number of carboxylic acids is 1. The smallest absolute Gasteiger partial charge is 0.336 e. The quantitative estimate of drug-likeness (QED) is 0.738. The number of carboxylic acid groups (broad SMARTS) is 1. The van der Waals surface area contributed by atoms with Crippen molar-refractivity contribution in [3.05, 3.63) is 57.0 Å². The zero-order valence-corrected chi connectivity index (χ0v) is 13.1. The van der Waals surface area contributed by atoms with Crippen LogP contribution in [0.3, 0.4) is 0 Å². The zero-order valence-electron chi connectivity index (χ0n) is 11.5. The normalized spacial score (nSPS) is 11.0. The number of carbonyl (C=O) groups is 1. The minimum Gasteiger partial charge on any atom is -0.478 e. The van der Waals surface area contributed by atoms with Crippen molar-refractivity contribution in [1.82, 2.24) is 14.6 Å². The molecule has 0 unspecified atom stereocenters. The van der Waals surface area contributed by atoms with Crippen molar-refractivity contribution < 1.29 is 9.90 Å². The van der Waals surface area contributed by atoms with Crippen LogP contribution in [0.15, 0.2) is 40.0 Å². The van der Waals surface area contributed by atoms with Gasteiger partial charge >= 0.3 is 5.97 Å². The average Bonchev–Trinajstić information content (AvgIpc) is 2.86. The maximum absolute atomic E-state index is 12.0. The van der Waals surface area contributed by atoms with Gasteiger partial charge in [-0.05, 0) is 19.1 Å². The predicted molar refractivity (Wildman–Crippen MR) is 84.8 cm³/mol. The summed E-state index contributed by atoms with van der Waals surface area (Å²) in [6.07, 6.45) is 0. The van der Waals surface area contributed by atoms with Gasteiger partial charge in [0.25, 0.3) is 5.56 Å². The van der Waals surface area contributed by atoms with Crippen molar-refractivity contribution in [2.24, 2.45) is 0 Å². The van der Waals surface area contributed by atoms with E-state index in [2.05, 4.69) is 10.1 Å². The molecule has 0 aliphatic rings. The molecule has 0 amide bonds. The second-order valence-electron chi connectivity index (χ2n) is 4.49. The van der Waals surface area contributed by atoms with Gasteiger partial charge in [-0.15, -0.1) is 11.8 Å². The Morgan fingerprint density at radius 3 is 2.95 bits per heavy atom. The van der Waals surface area contributed by atoms with Gasteiger partial charge in [-0.1, -0.05) is 23.5 Å². The van der Waals surface area contributed by atoms with Crippen LogP contribution in [0.25, 0.3) is 4.96 Å². The molecule has 1 aromatic carbocycles. The second-order valence-corrected chi connectivity index (χ2v) is 6.67. The van der Waals surface area contributed by atoms with Gasteiger partial charge < -0.3 is 5.11 Å². The third kappa shape index (κ3) is 2.88. The predicted octanol–water partition coefficient (Wildman–Crippen LogP) is 2.45. The van der Waals surface area contributed by atoms with Crippen LogP contribution in [-0.4, -0.2) is 25.7 Å². The minimum absolute atomic E-state index is 0.225. The van der Waals surface area contributed by atoms with Crippen LogP contribution in [0.1, 0.15) is 21.1 Å². The van der Waals surface area contributed by atoms with Crippen LogP contribution < -0.4 is 5.56 Å². The topological polar surface area (TPSA) is 84.6 Å². The summed E-state index contributed by atoms with van der Waals surface area (Å²) in [5.41, 5.74) is 0.634. The molecule has 0 atom stereocenters. The fourth-order valence-electron chi connectivity index (χ4n) is 1.95. The molecule has 1 N–H and O–H groups in total. The lowest BCUT2D eigenvalue weighted by molar-refractivity contribution is 0.0693. The van der Waals surface area contributed by atoms with Crippen LogP contribution in [0.5, 0.6) is 0 Å². The largest absolute Gasteiger partial charge is 0.478 e. The van der Waals surface area contributed by atoms with Gasteiger partial charge in [-0.2, -0.15) is 9.61 Å². The van der Waals surface area contributed by atoms with Crippen molar-refractivity contribution in [1.29, 1.82) is 0 Å². The fraction of sp³-hybridized carbons (Fsp3) is 0.143. The first-order valence-corrected chi connectivity index (χ1v) is 8.16. The lowest BCUT2D eigenvalue weighted by Gasteiger charge is -2.05. The first-order valence-electron chi connectivity index (χ1n) is 6.36. The summed E-state index contributed by atoms with van der Waals surface area (Å²) >= 11 is 2.69. The van der Waals surface area contributed by atoms with Crippen LogP contribution in [0, 0.1) is 6.92 Å². The van der Waals surface area contributed by atoms with Gasteiger partial charge in [0.2, 0.25) is 4.96 Å². The molecule has 3 rings (SSSR count). The molecule has 112 valence electrons. The number of fused-ring (bicyclic) bond motifs is 1. The van der Waals surface area contributed by atoms with Crippen molar-refractivity contribution >= 4 is 34.0 Å². The highest BCUT2D eigenvalue weighted by molar-refractivity contribution is 7.98. The van der Waals surface area contributed by atoms with E-state index in [0.717, 1.165) is 5.01 Å². The first kappa shape index (κ1) is 14.7. The van der Waals surface area contributed by atoms with Crippen LogP contribution in [0.2, 0.25) is 0 Å². The van der Waals surface area contributed by atoms with E-state index >= 15 is 0 Å². The van der Waals surface area contributed by atoms with E-state index in [9.17, 15) is 9.59 Å². The Hall–Kier alpha value is -2.19. The fourth-order valence-corrected chi connectivity index (χ4v) is 3.65. The molecule has 0 fully saturated rings. The maximum Gasteiger partial charge on any atom is 0.336 e. The van der Waals surface area contributed by atoms with Crippen LogP contribution in [0.4, 0.5) is 0 Å². The summed E-state index contributed by atoms with van der Waals surface area (Å²) < 4.78 is 1.28. The van der Waals surface area contributed by atoms with E-state index < -0.39 is 5.97 Å². The minimum atomic E-state index is -0.968. The summed E-state index contributed by atoms with van der Waals surface area (Å²) in [4.78, 5) is 28.7. The monoisotopic (exact) mass is 333 g/mol. The number of hydrogen-bond acceptors (Lipinski definition) is 6. The Bertz CT molecular complexity index is 917. The van der Waals surface area contributed by atoms with E-state index in [1.807, 2.05) is 6.92 Å². The Morgan fingerprint density at radius 2 is 2.18 bits per heavy atom. The van der Waals surface area contributed by atoms with Crippen LogP contribution in [-0.2, 0) is 5.75 Å². The molecule has 3 aromatic rings. The van der Waals surface area contributed by atoms with E-state index in [1.54, 1.807) is 24.3 Å². The molecule has 6 nitrogen and oxygen atoms in total. The van der Waals surface area contributed by atoms with E-state index in [1.165, 1.54) is 33.7 Å². The Balaban J connectivity index is 1.88. The first-order chi connectivity index (χ1) is 10.5. The highest BCUT2D eigenvalue weighted by Crippen LogP contribution is 2.25. The number of hydrogen-bond donors (Lipinski definition) is 1. The van der Waals surface area contributed by atoms with Gasteiger partial charge in [-0.3, -0.25) is 4.79 Å². The van der Waals surface area contributed by atoms with Gasteiger partial charge in [0.1, 0.15) is 5.01 Å². The van der Waals surface area contributed by atoms with Gasteiger partial charge in [0.05, 0.1) is 11.3 Å². The molecule has 0 aliphatic heterocycles. The summed E-state index contributed by atoms with van der Waals surface area (Å²) in [5.74, 6) is -0.544. The summed E-state index contributed by atoms with van der Waals surface area (Å²) in [6, 6.07) is 8.21. The SMILES string of the molecule is Cc1nn2c(=O)cc(CSc3ccccc3C(=O)O)nc2s1. The molecule has 8 heteroatoms. The maximum atomic E-state index is 12.0. The van der Waals surface area contributed by atoms with Crippen molar-refractivity contribution in [3.63, 3.8) is 0 Å². The summed E-state index contributed by atoms with van der Waals surface area (Å²) in [6.45, 7) is 1.82.